The first kappa shape index (κ1) is 23.2. The minimum atomic E-state index is -4.76. The first-order chi connectivity index (χ1) is 15.1. The van der Waals surface area contributed by atoms with Gasteiger partial charge in [0, 0.05) is 23.6 Å². The lowest BCUT2D eigenvalue weighted by atomic mass is 10.0. The first-order valence-corrected chi connectivity index (χ1v) is 9.96. The van der Waals surface area contributed by atoms with Gasteiger partial charge in [0.15, 0.2) is 6.10 Å². The highest BCUT2D eigenvalue weighted by atomic mass is 19.4. The summed E-state index contributed by atoms with van der Waals surface area (Å²) in [6, 6.07) is 11.5. The number of carbonyl (C=O) groups excluding carboxylic acids is 1. The van der Waals surface area contributed by atoms with Crippen molar-refractivity contribution in [2.75, 3.05) is 6.61 Å². The molecule has 170 valence electrons. The van der Waals surface area contributed by atoms with Crippen LogP contribution in [0.2, 0.25) is 0 Å². The molecule has 3 aromatic rings. The topological polar surface area (TPSA) is 49.7 Å². The van der Waals surface area contributed by atoms with E-state index in [9.17, 15) is 18.0 Å². The molecule has 0 aliphatic heterocycles. The van der Waals surface area contributed by atoms with Gasteiger partial charge in [0.05, 0.1) is 0 Å². The van der Waals surface area contributed by atoms with E-state index in [2.05, 4.69) is 11.3 Å². The molecule has 0 aliphatic carbocycles. The van der Waals surface area contributed by atoms with Gasteiger partial charge in [0.1, 0.15) is 18.1 Å². The van der Waals surface area contributed by atoms with E-state index in [1.807, 2.05) is 24.6 Å². The molecule has 32 heavy (non-hydrogen) atoms. The standard InChI is InChI=1S/C24H24F3NO4/c1-5-11-30-23(29)16(3)31-18-8-6-7-17(12-18)13-20-15(2)28(4)22-10-9-19(14-21(20)22)32-24(25,26)27/h5-10,12,14,16H,1,11,13H2,2-4H3/t16-/m0/s1. The number of carbonyl (C=O) groups is 1. The summed E-state index contributed by atoms with van der Waals surface area (Å²) in [5.41, 5.74) is 3.49. The number of rotatable bonds is 8. The maximum Gasteiger partial charge on any atom is 0.573 e. The molecule has 3 rings (SSSR count). The van der Waals surface area contributed by atoms with Crippen molar-refractivity contribution >= 4 is 16.9 Å². The van der Waals surface area contributed by atoms with E-state index in [1.54, 1.807) is 31.2 Å². The molecule has 0 saturated carbocycles. The average Bonchev–Trinajstić information content (AvgIpc) is 2.95. The molecular weight excluding hydrogens is 423 g/mol. The van der Waals surface area contributed by atoms with Crippen LogP contribution < -0.4 is 9.47 Å². The van der Waals surface area contributed by atoms with Gasteiger partial charge in [0.25, 0.3) is 0 Å². The van der Waals surface area contributed by atoms with Gasteiger partial charge < -0.3 is 18.8 Å². The van der Waals surface area contributed by atoms with Crippen molar-refractivity contribution in [1.29, 1.82) is 0 Å². The Hall–Kier alpha value is -3.42. The number of esters is 1. The van der Waals surface area contributed by atoms with Crippen molar-refractivity contribution in [1.82, 2.24) is 4.57 Å². The number of alkyl halides is 3. The van der Waals surface area contributed by atoms with Gasteiger partial charge in [-0.25, -0.2) is 4.79 Å². The number of halogens is 3. The summed E-state index contributed by atoms with van der Waals surface area (Å²) < 4.78 is 54.7. The molecular formula is C24H24F3NO4. The van der Waals surface area contributed by atoms with E-state index in [1.165, 1.54) is 18.2 Å². The molecule has 8 heteroatoms. The van der Waals surface area contributed by atoms with Crippen molar-refractivity contribution < 1.29 is 32.2 Å². The summed E-state index contributed by atoms with van der Waals surface area (Å²) in [6.45, 7) is 7.11. The van der Waals surface area contributed by atoms with Crippen LogP contribution in [0.25, 0.3) is 10.9 Å². The first-order valence-electron chi connectivity index (χ1n) is 9.96. The normalized spacial score (nSPS) is 12.4. The van der Waals surface area contributed by atoms with Gasteiger partial charge in [-0.15, -0.1) is 13.2 Å². The molecule has 0 aliphatic rings. The quantitative estimate of drug-likeness (QED) is 0.339. The summed E-state index contributed by atoms with van der Waals surface area (Å²) in [7, 11) is 1.86. The van der Waals surface area contributed by atoms with Crippen LogP contribution in [0.15, 0.2) is 55.1 Å². The van der Waals surface area contributed by atoms with Crippen LogP contribution in [-0.2, 0) is 23.0 Å². The second-order valence-electron chi connectivity index (χ2n) is 7.35. The third-order valence-corrected chi connectivity index (χ3v) is 5.10. The second-order valence-corrected chi connectivity index (χ2v) is 7.35. The highest BCUT2D eigenvalue weighted by Gasteiger charge is 2.31. The molecule has 1 heterocycles. The van der Waals surface area contributed by atoms with Gasteiger partial charge in [-0.1, -0.05) is 24.8 Å². The fraction of sp³-hybridized carbons (Fsp3) is 0.292. The number of aryl methyl sites for hydroxylation is 1. The molecule has 0 radical (unpaired) electrons. The minimum Gasteiger partial charge on any atom is -0.479 e. The van der Waals surface area contributed by atoms with E-state index in [0.717, 1.165) is 22.3 Å². The fourth-order valence-electron chi connectivity index (χ4n) is 3.49. The Kier molecular flexibility index (Phi) is 6.81. The SMILES string of the molecule is C=CCOC(=O)[C@H](C)Oc1cccc(Cc2c(C)n(C)c3ccc(OC(F)(F)F)cc23)c1. The maximum atomic E-state index is 12.7. The molecule has 0 fully saturated rings. The van der Waals surface area contributed by atoms with Gasteiger partial charge >= 0.3 is 12.3 Å². The third kappa shape index (κ3) is 5.43. The maximum absolute atomic E-state index is 12.7. The van der Waals surface area contributed by atoms with Crippen LogP contribution in [0.3, 0.4) is 0 Å². The van der Waals surface area contributed by atoms with Crippen LogP contribution in [0.1, 0.15) is 23.7 Å². The fourth-order valence-corrected chi connectivity index (χ4v) is 3.49. The van der Waals surface area contributed by atoms with E-state index in [0.29, 0.717) is 17.6 Å². The molecule has 1 aromatic heterocycles. The van der Waals surface area contributed by atoms with Crippen LogP contribution in [-0.4, -0.2) is 29.6 Å². The average molecular weight is 447 g/mol. The summed E-state index contributed by atoms with van der Waals surface area (Å²) in [5.74, 6) is -0.275. The van der Waals surface area contributed by atoms with Crippen molar-refractivity contribution in [3.05, 3.63) is 71.9 Å². The number of benzene rings is 2. The Bertz CT molecular complexity index is 1130. The van der Waals surface area contributed by atoms with E-state index in [4.69, 9.17) is 9.47 Å². The molecule has 0 bridgehead atoms. The van der Waals surface area contributed by atoms with Gasteiger partial charge in [0.2, 0.25) is 0 Å². The largest absolute Gasteiger partial charge is 0.573 e. The molecule has 0 N–H and O–H groups in total. The van der Waals surface area contributed by atoms with Gasteiger partial charge in [-0.05, 0) is 61.7 Å². The predicted octanol–water partition coefficient (Wildman–Crippen LogP) is 5.47. The van der Waals surface area contributed by atoms with Crippen molar-refractivity contribution in [3.63, 3.8) is 0 Å². The number of aromatic nitrogens is 1. The minimum absolute atomic E-state index is 0.104. The number of hydrogen-bond donors (Lipinski definition) is 0. The smallest absolute Gasteiger partial charge is 0.479 e. The van der Waals surface area contributed by atoms with Gasteiger partial charge in [-0.3, -0.25) is 0 Å². The summed E-state index contributed by atoms with van der Waals surface area (Å²) in [4.78, 5) is 11.9. The molecule has 2 aromatic carbocycles. The van der Waals surface area contributed by atoms with E-state index < -0.39 is 18.4 Å². The van der Waals surface area contributed by atoms with Crippen molar-refractivity contribution in [3.8, 4) is 11.5 Å². The number of fused-ring (bicyclic) bond motifs is 1. The van der Waals surface area contributed by atoms with Crippen molar-refractivity contribution in [2.24, 2.45) is 7.05 Å². The highest BCUT2D eigenvalue weighted by molar-refractivity contribution is 5.87. The molecule has 5 nitrogen and oxygen atoms in total. The molecule has 0 spiro atoms. The van der Waals surface area contributed by atoms with Crippen molar-refractivity contribution in [2.45, 2.75) is 32.7 Å². The predicted molar refractivity (Wildman–Crippen MR) is 115 cm³/mol. The highest BCUT2D eigenvalue weighted by Crippen LogP contribution is 2.33. The van der Waals surface area contributed by atoms with Crippen LogP contribution in [0, 0.1) is 6.92 Å². The monoisotopic (exact) mass is 447 g/mol. The number of hydrogen-bond acceptors (Lipinski definition) is 4. The molecule has 1 atom stereocenters. The molecule has 0 amide bonds. The third-order valence-electron chi connectivity index (χ3n) is 5.10. The lowest BCUT2D eigenvalue weighted by Gasteiger charge is -2.14. The number of ether oxygens (including phenoxy) is 3. The lowest BCUT2D eigenvalue weighted by Crippen LogP contribution is -2.26. The summed E-state index contributed by atoms with van der Waals surface area (Å²) >= 11 is 0. The van der Waals surface area contributed by atoms with Crippen LogP contribution in [0.5, 0.6) is 11.5 Å². The van der Waals surface area contributed by atoms with Crippen LogP contribution in [0.4, 0.5) is 13.2 Å². The zero-order valence-electron chi connectivity index (χ0n) is 18.0. The summed E-state index contributed by atoms with van der Waals surface area (Å²) in [5, 5.41) is 0.680. The Morgan fingerprint density at radius 1 is 1.19 bits per heavy atom. The zero-order chi connectivity index (χ0) is 23.5. The number of nitrogens with zero attached hydrogens (tertiary/aromatic N) is 1. The molecule has 0 unspecified atom stereocenters. The Morgan fingerprint density at radius 2 is 1.94 bits per heavy atom. The van der Waals surface area contributed by atoms with Crippen LogP contribution >= 0.6 is 0 Å². The Morgan fingerprint density at radius 3 is 2.62 bits per heavy atom. The van der Waals surface area contributed by atoms with E-state index >= 15 is 0 Å². The lowest BCUT2D eigenvalue weighted by molar-refractivity contribution is -0.274. The second kappa shape index (κ2) is 9.38. The van der Waals surface area contributed by atoms with E-state index in [-0.39, 0.29) is 12.4 Å². The zero-order valence-corrected chi connectivity index (χ0v) is 18.0. The molecule has 0 saturated heterocycles. The van der Waals surface area contributed by atoms with Gasteiger partial charge in [-0.2, -0.15) is 0 Å². The Balaban J connectivity index is 1.86. The Labute approximate surface area is 184 Å². The summed E-state index contributed by atoms with van der Waals surface area (Å²) in [6.07, 6.45) is -3.62.